The molecule has 0 aliphatic carbocycles. The summed E-state index contributed by atoms with van der Waals surface area (Å²) in [6.07, 6.45) is 3.74. The normalized spacial score (nSPS) is 23.8. The van der Waals surface area contributed by atoms with Crippen LogP contribution in [0.15, 0.2) is 85.1 Å². The minimum atomic E-state index is -0.906. The molecule has 0 spiro atoms. The van der Waals surface area contributed by atoms with Crippen LogP contribution in [0, 0.1) is 11.8 Å². The van der Waals surface area contributed by atoms with Gasteiger partial charge in [0.1, 0.15) is 6.04 Å². The molecular weight excluding hydrogens is 456 g/mol. The van der Waals surface area contributed by atoms with E-state index in [0.29, 0.717) is 5.56 Å². The van der Waals surface area contributed by atoms with Crippen LogP contribution >= 0.6 is 0 Å². The number of amides is 2. The summed E-state index contributed by atoms with van der Waals surface area (Å²) in [7, 11) is 1.25. The van der Waals surface area contributed by atoms with Gasteiger partial charge >= 0.3 is 5.97 Å². The quantitative estimate of drug-likeness (QED) is 0.322. The zero-order chi connectivity index (χ0) is 25.0. The molecule has 2 amide bonds. The summed E-state index contributed by atoms with van der Waals surface area (Å²) in [5.74, 6) is -3.47. The van der Waals surface area contributed by atoms with Crippen LogP contribution in [0.25, 0.3) is 6.08 Å². The number of Topliss-reactive ketones (excluding diaryl/α,β-unsaturated/α-hetero) is 1. The number of ketones is 1. The van der Waals surface area contributed by atoms with E-state index < -0.39 is 41.7 Å². The molecule has 0 aromatic heterocycles. The summed E-state index contributed by atoms with van der Waals surface area (Å²) in [5.41, 5.74) is 2.60. The SMILES string of the molecule is COC(=O)c1ccccc1N1C(=O)C2C(C1=O)C1c3ccccc3C=CN1C2C(=O)c1ccccc1. The highest BCUT2D eigenvalue weighted by molar-refractivity contribution is 6.26. The third-order valence-electron chi connectivity index (χ3n) is 7.34. The Kier molecular flexibility index (Phi) is 5.07. The number of hydrogen-bond acceptors (Lipinski definition) is 6. The van der Waals surface area contributed by atoms with Gasteiger partial charge in [-0.3, -0.25) is 14.4 Å². The number of esters is 1. The maximum atomic E-state index is 14.0. The van der Waals surface area contributed by atoms with Crippen LogP contribution in [0.5, 0.6) is 0 Å². The fourth-order valence-electron chi connectivity index (χ4n) is 5.82. The molecule has 178 valence electrons. The van der Waals surface area contributed by atoms with Crippen molar-refractivity contribution in [3.05, 3.63) is 107 Å². The Hall–Kier alpha value is -4.52. The number of ether oxygens (including phenoxy) is 1. The Morgan fingerprint density at radius 3 is 2.25 bits per heavy atom. The molecule has 0 saturated carbocycles. The van der Waals surface area contributed by atoms with Gasteiger partial charge in [0.05, 0.1) is 36.2 Å². The number of anilines is 1. The van der Waals surface area contributed by atoms with Crippen LogP contribution in [-0.4, -0.2) is 41.6 Å². The number of benzene rings is 3. The smallest absolute Gasteiger partial charge is 0.339 e. The first-order chi connectivity index (χ1) is 17.5. The largest absolute Gasteiger partial charge is 0.465 e. The second-order valence-electron chi connectivity index (χ2n) is 9.08. The zero-order valence-corrected chi connectivity index (χ0v) is 19.4. The molecule has 36 heavy (non-hydrogen) atoms. The molecule has 2 fully saturated rings. The van der Waals surface area contributed by atoms with E-state index in [4.69, 9.17) is 4.74 Å². The van der Waals surface area contributed by atoms with E-state index in [1.807, 2.05) is 47.5 Å². The van der Waals surface area contributed by atoms with Crippen LogP contribution in [0.3, 0.4) is 0 Å². The maximum Gasteiger partial charge on any atom is 0.339 e. The molecule has 0 radical (unpaired) electrons. The second kappa shape index (κ2) is 8.30. The standard InChI is InChI=1S/C29H22N2O5/c1-36-29(35)20-13-7-8-14-21(20)31-27(33)22-23(28(31)34)25(26(32)18-10-3-2-4-11-18)30-16-15-17-9-5-6-12-19(17)24(22)30/h2-16,22-25H,1H3. The van der Waals surface area contributed by atoms with Gasteiger partial charge in [-0.25, -0.2) is 9.69 Å². The van der Waals surface area contributed by atoms with E-state index in [-0.39, 0.29) is 17.0 Å². The Bertz CT molecular complexity index is 1450. The van der Waals surface area contributed by atoms with E-state index in [1.165, 1.54) is 13.2 Å². The third kappa shape index (κ3) is 3.05. The molecular formula is C29H22N2O5. The number of methoxy groups -OCH3 is 1. The van der Waals surface area contributed by atoms with Crippen molar-refractivity contribution in [2.24, 2.45) is 11.8 Å². The minimum absolute atomic E-state index is 0.119. The number of para-hydroxylation sites is 1. The van der Waals surface area contributed by atoms with Crippen LogP contribution in [0.1, 0.15) is 37.9 Å². The molecule has 3 heterocycles. The Labute approximate surface area is 207 Å². The molecule has 3 aromatic rings. The van der Waals surface area contributed by atoms with Gasteiger partial charge in [0.25, 0.3) is 0 Å². The van der Waals surface area contributed by atoms with Crippen molar-refractivity contribution in [3.8, 4) is 0 Å². The first-order valence-electron chi connectivity index (χ1n) is 11.7. The van der Waals surface area contributed by atoms with Crippen molar-refractivity contribution >= 4 is 35.3 Å². The van der Waals surface area contributed by atoms with E-state index in [1.54, 1.807) is 42.5 Å². The lowest BCUT2D eigenvalue weighted by Crippen LogP contribution is -2.44. The van der Waals surface area contributed by atoms with Gasteiger partial charge in [-0.1, -0.05) is 66.7 Å². The summed E-state index contributed by atoms with van der Waals surface area (Å²) in [4.78, 5) is 57.3. The van der Waals surface area contributed by atoms with Crippen molar-refractivity contribution in [1.29, 1.82) is 0 Å². The van der Waals surface area contributed by atoms with E-state index in [2.05, 4.69) is 0 Å². The highest BCUT2D eigenvalue weighted by atomic mass is 16.5. The molecule has 3 aromatic carbocycles. The summed E-state index contributed by atoms with van der Waals surface area (Å²) in [6, 6.07) is 21.6. The average molecular weight is 479 g/mol. The molecule has 3 aliphatic rings. The summed E-state index contributed by atoms with van der Waals surface area (Å²) >= 11 is 0. The van der Waals surface area contributed by atoms with E-state index in [9.17, 15) is 19.2 Å². The maximum absolute atomic E-state index is 14.0. The third-order valence-corrected chi connectivity index (χ3v) is 7.34. The van der Waals surface area contributed by atoms with Crippen LogP contribution in [0.2, 0.25) is 0 Å². The van der Waals surface area contributed by atoms with Gasteiger partial charge in [-0.2, -0.15) is 0 Å². The Morgan fingerprint density at radius 1 is 0.806 bits per heavy atom. The van der Waals surface area contributed by atoms with Gasteiger partial charge in [-0.05, 0) is 29.3 Å². The number of carbonyl (C=O) groups is 4. The van der Waals surface area contributed by atoms with Gasteiger partial charge < -0.3 is 9.64 Å². The number of hydrogen-bond donors (Lipinski definition) is 0. The number of rotatable bonds is 4. The van der Waals surface area contributed by atoms with Crippen molar-refractivity contribution in [2.45, 2.75) is 12.1 Å². The minimum Gasteiger partial charge on any atom is -0.465 e. The second-order valence-corrected chi connectivity index (χ2v) is 9.08. The highest BCUT2D eigenvalue weighted by Gasteiger charge is 2.64. The van der Waals surface area contributed by atoms with E-state index >= 15 is 0 Å². The lowest BCUT2D eigenvalue weighted by molar-refractivity contribution is -0.123. The van der Waals surface area contributed by atoms with Gasteiger partial charge in [0.15, 0.2) is 5.78 Å². The molecule has 4 atom stereocenters. The molecule has 3 aliphatic heterocycles. The molecule has 6 rings (SSSR count). The summed E-state index contributed by atoms with van der Waals surface area (Å²) in [5, 5.41) is 0. The predicted octanol–water partition coefficient (Wildman–Crippen LogP) is 3.87. The highest BCUT2D eigenvalue weighted by Crippen LogP contribution is 2.53. The van der Waals surface area contributed by atoms with Crippen LogP contribution in [-0.2, 0) is 14.3 Å². The van der Waals surface area contributed by atoms with Crippen molar-refractivity contribution in [1.82, 2.24) is 4.90 Å². The fourth-order valence-corrected chi connectivity index (χ4v) is 5.82. The zero-order valence-electron chi connectivity index (χ0n) is 19.4. The van der Waals surface area contributed by atoms with E-state index in [0.717, 1.165) is 16.0 Å². The van der Waals surface area contributed by atoms with Crippen molar-refractivity contribution < 1.29 is 23.9 Å². The molecule has 7 nitrogen and oxygen atoms in total. The molecule has 4 unspecified atom stereocenters. The number of imide groups is 1. The van der Waals surface area contributed by atoms with Crippen LogP contribution < -0.4 is 4.90 Å². The lowest BCUT2D eigenvalue weighted by Gasteiger charge is -2.35. The van der Waals surface area contributed by atoms with Crippen molar-refractivity contribution in [2.75, 3.05) is 12.0 Å². The number of fused-ring (bicyclic) bond motifs is 5. The first-order valence-corrected chi connectivity index (χ1v) is 11.7. The molecule has 2 saturated heterocycles. The van der Waals surface area contributed by atoms with Gasteiger partial charge in [0, 0.05) is 11.8 Å². The lowest BCUT2D eigenvalue weighted by atomic mass is 9.83. The fraction of sp³-hybridized carbons (Fsp3) is 0.172. The molecule has 7 heteroatoms. The number of nitrogens with zero attached hydrogens (tertiary/aromatic N) is 2. The van der Waals surface area contributed by atoms with Gasteiger partial charge in [0.2, 0.25) is 11.8 Å². The van der Waals surface area contributed by atoms with Gasteiger partial charge in [-0.15, -0.1) is 0 Å². The topological polar surface area (TPSA) is 84.0 Å². The Morgan fingerprint density at radius 2 is 1.47 bits per heavy atom. The summed E-state index contributed by atoms with van der Waals surface area (Å²) < 4.78 is 4.89. The number of carbonyl (C=O) groups excluding carboxylic acids is 4. The Balaban J connectivity index is 1.51. The molecule has 0 bridgehead atoms. The first kappa shape index (κ1) is 22.0. The molecule has 0 N–H and O–H groups in total. The van der Waals surface area contributed by atoms with Crippen molar-refractivity contribution in [3.63, 3.8) is 0 Å². The summed E-state index contributed by atoms with van der Waals surface area (Å²) in [6.45, 7) is 0. The monoisotopic (exact) mass is 478 g/mol. The average Bonchev–Trinajstić information content (AvgIpc) is 3.40. The van der Waals surface area contributed by atoms with Crippen LogP contribution in [0.4, 0.5) is 5.69 Å². The predicted molar refractivity (Wildman–Crippen MR) is 132 cm³/mol.